The molecular formula is C14H18ClFN2O2. The highest BCUT2D eigenvalue weighted by Gasteiger charge is 2.36. The third-order valence-corrected chi connectivity index (χ3v) is 4.07. The third-order valence-electron chi connectivity index (χ3n) is 3.75. The van der Waals surface area contributed by atoms with E-state index in [0.29, 0.717) is 18.7 Å². The van der Waals surface area contributed by atoms with Gasteiger partial charge in [-0.2, -0.15) is 0 Å². The van der Waals surface area contributed by atoms with Crippen molar-refractivity contribution in [1.82, 2.24) is 9.80 Å². The lowest BCUT2D eigenvalue weighted by Gasteiger charge is -2.23. The Hall–Kier alpha value is -1.17. The molecular weight excluding hydrogens is 283 g/mol. The van der Waals surface area contributed by atoms with Gasteiger partial charge in [-0.05, 0) is 32.3 Å². The Balaban J connectivity index is 2.18. The van der Waals surface area contributed by atoms with Crippen LogP contribution < -0.4 is 0 Å². The number of halogens is 2. The number of aliphatic hydroxyl groups is 1. The van der Waals surface area contributed by atoms with Crippen LogP contribution in [-0.2, 0) is 0 Å². The van der Waals surface area contributed by atoms with Gasteiger partial charge in [-0.1, -0.05) is 11.6 Å². The van der Waals surface area contributed by atoms with E-state index >= 15 is 0 Å². The van der Waals surface area contributed by atoms with Gasteiger partial charge in [0.1, 0.15) is 5.82 Å². The highest BCUT2D eigenvalue weighted by molar-refractivity contribution is 6.33. The van der Waals surface area contributed by atoms with Crippen molar-refractivity contribution in [2.45, 2.75) is 6.04 Å². The molecule has 1 aromatic carbocycles. The van der Waals surface area contributed by atoms with Crippen molar-refractivity contribution in [3.8, 4) is 0 Å². The Kier molecular flexibility index (Phi) is 4.62. The van der Waals surface area contributed by atoms with E-state index in [1.54, 1.807) is 4.90 Å². The molecule has 0 saturated carbocycles. The molecule has 1 saturated heterocycles. The van der Waals surface area contributed by atoms with Crippen molar-refractivity contribution in [3.63, 3.8) is 0 Å². The minimum absolute atomic E-state index is 0.0215. The molecule has 0 aromatic heterocycles. The number of likely N-dealkylation sites (N-methyl/N-ethyl adjacent to an activating group) is 1. The molecule has 0 spiro atoms. The van der Waals surface area contributed by atoms with E-state index in [1.807, 2.05) is 19.0 Å². The minimum Gasteiger partial charge on any atom is -0.396 e. The lowest BCUT2D eigenvalue weighted by atomic mass is 10.0. The van der Waals surface area contributed by atoms with Crippen molar-refractivity contribution in [2.75, 3.05) is 33.8 Å². The highest BCUT2D eigenvalue weighted by Crippen LogP contribution is 2.25. The minimum atomic E-state index is -0.465. The van der Waals surface area contributed by atoms with E-state index in [-0.39, 0.29) is 29.5 Å². The van der Waals surface area contributed by atoms with E-state index in [2.05, 4.69) is 0 Å². The fourth-order valence-corrected chi connectivity index (χ4v) is 2.87. The molecule has 1 aromatic rings. The van der Waals surface area contributed by atoms with Crippen LogP contribution >= 0.6 is 11.6 Å². The summed E-state index contributed by atoms with van der Waals surface area (Å²) in [6.07, 6.45) is 0. The Bertz CT molecular complexity index is 510. The van der Waals surface area contributed by atoms with Crippen LogP contribution in [0.4, 0.5) is 4.39 Å². The van der Waals surface area contributed by atoms with Crippen molar-refractivity contribution in [3.05, 3.63) is 34.6 Å². The number of benzene rings is 1. The first-order valence-electron chi connectivity index (χ1n) is 6.45. The molecule has 2 rings (SSSR count). The van der Waals surface area contributed by atoms with Crippen LogP contribution in [-0.4, -0.2) is 60.6 Å². The number of hydrogen-bond donors (Lipinski definition) is 1. The van der Waals surface area contributed by atoms with Gasteiger partial charge in [0.05, 0.1) is 10.6 Å². The summed E-state index contributed by atoms with van der Waals surface area (Å²) in [6.45, 7) is 1.04. The van der Waals surface area contributed by atoms with Crippen LogP contribution in [0, 0.1) is 11.7 Å². The van der Waals surface area contributed by atoms with Gasteiger partial charge in [-0.15, -0.1) is 0 Å². The first-order chi connectivity index (χ1) is 9.43. The van der Waals surface area contributed by atoms with Crippen molar-refractivity contribution >= 4 is 17.5 Å². The summed E-state index contributed by atoms with van der Waals surface area (Å²) in [4.78, 5) is 16.1. The van der Waals surface area contributed by atoms with Gasteiger partial charge in [0.2, 0.25) is 0 Å². The predicted molar refractivity (Wildman–Crippen MR) is 75.4 cm³/mol. The second kappa shape index (κ2) is 6.08. The van der Waals surface area contributed by atoms with E-state index in [4.69, 9.17) is 11.6 Å². The largest absolute Gasteiger partial charge is 0.396 e. The lowest BCUT2D eigenvalue weighted by Crippen LogP contribution is -2.37. The van der Waals surface area contributed by atoms with Crippen LogP contribution in [0.5, 0.6) is 0 Å². The second-order valence-corrected chi connectivity index (χ2v) is 5.72. The van der Waals surface area contributed by atoms with E-state index in [1.165, 1.54) is 12.1 Å². The normalized spacial score (nSPS) is 22.6. The zero-order valence-electron chi connectivity index (χ0n) is 11.5. The van der Waals surface area contributed by atoms with Crippen LogP contribution in [0.15, 0.2) is 18.2 Å². The zero-order valence-corrected chi connectivity index (χ0v) is 12.3. The Morgan fingerprint density at radius 1 is 1.50 bits per heavy atom. The summed E-state index contributed by atoms with van der Waals surface area (Å²) in [7, 11) is 3.85. The van der Waals surface area contributed by atoms with Gasteiger partial charge < -0.3 is 14.9 Å². The van der Waals surface area contributed by atoms with Gasteiger partial charge in [0.15, 0.2) is 0 Å². The van der Waals surface area contributed by atoms with Crippen molar-refractivity contribution in [2.24, 2.45) is 5.92 Å². The quantitative estimate of drug-likeness (QED) is 0.919. The van der Waals surface area contributed by atoms with Gasteiger partial charge in [0, 0.05) is 31.7 Å². The molecule has 1 N–H and O–H groups in total. The van der Waals surface area contributed by atoms with Crippen LogP contribution in [0.2, 0.25) is 5.02 Å². The molecule has 0 bridgehead atoms. The number of nitrogens with zero attached hydrogens (tertiary/aromatic N) is 2. The van der Waals surface area contributed by atoms with Gasteiger partial charge in [-0.3, -0.25) is 4.79 Å². The maximum Gasteiger partial charge on any atom is 0.255 e. The standard InChI is InChI=1S/C14H18ClFN2O2/c1-17(2)13-7-18(6-9(13)8-19)14(20)11-4-3-10(16)5-12(11)15/h3-5,9,13,19H,6-8H2,1-2H3/t9-,13+/m0/s1. The number of hydrogen-bond acceptors (Lipinski definition) is 3. The average molecular weight is 301 g/mol. The van der Waals surface area contributed by atoms with Crippen molar-refractivity contribution in [1.29, 1.82) is 0 Å². The molecule has 0 aliphatic carbocycles. The molecule has 1 aliphatic rings. The number of aliphatic hydroxyl groups excluding tert-OH is 1. The predicted octanol–water partition coefficient (Wildman–Crippen LogP) is 1.47. The summed E-state index contributed by atoms with van der Waals surface area (Å²) in [5, 5.41) is 9.52. The topological polar surface area (TPSA) is 43.8 Å². The Morgan fingerprint density at radius 3 is 2.70 bits per heavy atom. The first-order valence-corrected chi connectivity index (χ1v) is 6.83. The molecule has 1 amide bonds. The number of likely N-dealkylation sites (tertiary alicyclic amines) is 1. The second-order valence-electron chi connectivity index (χ2n) is 5.31. The Morgan fingerprint density at radius 2 is 2.20 bits per heavy atom. The summed E-state index contributed by atoms with van der Waals surface area (Å²) >= 11 is 5.92. The van der Waals surface area contributed by atoms with Crippen LogP contribution in [0.3, 0.4) is 0 Å². The molecule has 4 nitrogen and oxygen atoms in total. The summed E-state index contributed by atoms with van der Waals surface area (Å²) in [5.74, 6) is -0.668. The molecule has 0 radical (unpaired) electrons. The van der Waals surface area contributed by atoms with Gasteiger partial charge in [0.25, 0.3) is 5.91 Å². The van der Waals surface area contributed by atoms with E-state index in [0.717, 1.165) is 6.07 Å². The molecule has 20 heavy (non-hydrogen) atoms. The Labute approximate surface area is 122 Å². The average Bonchev–Trinajstić information content (AvgIpc) is 2.82. The summed E-state index contributed by atoms with van der Waals surface area (Å²) in [5.41, 5.74) is 0.296. The number of amides is 1. The SMILES string of the molecule is CN(C)[C@@H]1CN(C(=O)c2ccc(F)cc2Cl)C[C@H]1CO. The van der Waals surface area contributed by atoms with Crippen molar-refractivity contribution < 1.29 is 14.3 Å². The zero-order chi connectivity index (χ0) is 14.9. The van der Waals surface area contributed by atoms with Crippen LogP contribution in [0.25, 0.3) is 0 Å². The molecule has 0 unspecified atom stereocenters. The monoisotopic (exact) mass is 300 g/mol. The number of carbonyl (C=O) groups is 1. The fraction of sp³-hybridized carbons (Fsp3) is 0.500. The summed E-state index contributed by atoms with van der Waals surface area (Å²) < 4.78 is 13.0. The molecule has 1 heterocycles. The summed E-state index contributed by atoms with van der Waals surface area (Å²) in [6, 6.07) is 3.87. The van der Waals surface area contributed by atoms with Crippen LogP contribution in [0.1, 0.15) is 10.4 Å². The smallest absolute Gasteiger partial charge is 0.255 e. The van der Waals surface area contributed by atoms with E-state index < -0.39 is 5.82 Å². The number of rotatable bonds is 3. The molecule has 6 heteroatoms. The maximum absolute atomic E-state index is 13.0. The fourth-order valence-electron chi connectivity index (χ4n) is 2.62. The lowest BCUT2D eigenvalue weighted by molar-refractivity contribution is 0.0779. The molecule has 110 valence electrons. The third kappa shape index (κ3) is 2.95. The first kappa shape index (κ1) is 15.2. The highest BCUT2D eigenvalue weighted by atomic mass is 35.5. The number of carbonyl (C=O) groups excluding carboxylic acids is 1. The molecule has 1 fully saturated rings. The van der Waals surface area contributed by atoms with E-state index in [9.17, 15) is 14.3 Å². The van der Waals surface area contributed by atoms with Gasteiger partial charge in [-0.25, -0.2) is 4.39 Å². The van der Waals surface area contributed by atoms with Gasteiger partial charge >= 0.3 is 0 Å². The molecule has 2 atom stereocenters. The maximum atomic E-state index is 13.0. The molecule has 1 aliphatic heterocycles.